The summed E-state index contributed by atoms with van der Waals surface area (Å²) in [5.41, 5.74) is 0. The lowest BCUT2D eigenvalue weighted by molar-refractivity contribution is -0.857. The third-order valence-corrected chi connectivity index (χ3v) is 3.98. The molecule has 2 amide bonds. The van der Waals surface area contributed by atoms with E-state index < -0.39 is 0 Å². The van der Waals surface area contributed by atoms with Crippen LogP contribution in [0.5, 0.6) is 0 Å². The quantitative estimate of drug-likeness (QED) is 0.625. The van der Waals surface area contributed by atoms with E-state index in [-0.39, 0.29) is 24.3 Å². The molecule has 0 saturated heterocycles. The van der Waals surface area contributed by atoms with Gasteiger partial charge in [-0.2, -0.15) is 0 Å². The van der Waals surface area contributed by atoms with Gasteiger partial charge in [0.05, 0.1) is 27.2 Å². The number of quaternary nitrogens is 1. The molecule has 0 radical (unpaired) electrons. The SMILES string of the molecule is CCCC[C@H](CC)C(=O)N(CC[NH+](C)C)CC(=O)Nc1ccon1. The fraction of sp³-hybridized carbons (Fsp3) is 0.706. The van der Waals surface area contributed by atoms with Crippen LogP contribution in [-0.2, 0) is 9.59 Å². The van der Waals surface area contributed by atoms with Gasteiger partial charge >= 0.3 is 0 Å². The number of aromatic nitrogens is 1. The molecule has 1 heterocycles. The zero-order valence-corrected chi connectivity index (χ0v) is 15.3. The third kappa shape index (κ3) is 7.12. The molecule has 7 heteroatoms. The predicted octanol–water partition coefficient (Wildman–Crippen LogP) is 0.803. The molecule has 7 nitrogen and oxygen atoms in total. The Morgan fingerprint density at radius 3 is 2.67 bits per heavy atom. The van der Waals surface area contributed by atoms with Gasteiger partial charge in [-0.1, -0.05) is 31.8 Å². The van der Waals surface area contributed by atoms with E-state index in [9.17, 15) is 9.59 Å². The molecule has 0 fully saturated rings. The van der Waals surface area contributed by atoms with Gasteiger partial charge in [0.15, 0.2) is 5.82 Å². The minimum Gasteiger partial charge on any atom is -0.363 e. The maximum atomic E-state index is 12.8. The summed E-state index contributed by atoms with van der Waals surface area (Å²) in [6.07, 6.45) is 5.17. The predicted molar refractivity (Wildman–Crippen MR) is 92.7 cm³/mol. The number of amides is 2. The van der Waals surface area contributed by atoms with Crippen LogP contribution in [-0.4, -0.2) is 55.6 Å². The van der Waals surface area contributed by atoms with Crippen molar-refractivity contribution in [3.63, 3.8) is 0 Å². The van der Waals surface area contributed by atoms with Crippen LogP contribution in [0.25, 0.3) is 0 Å². The van der Waals surface area contributed by atoms with Crippen molar-refractivity contribution < 1.29 is 19.0 Å². The minimum atomic E-state index is -0.253. The van der Waals surface area contributed by atoms with E-state index in [4.69, 9.17) is 4.52 Å². The molecule has 136 valence electrons. The molecule has 0 bridgehead atoms. The van der Waals surface area contributed by atoms with E-state index in [1.807, 2.05) is 21.0 Å². The van der Waals surface area contributed by atoms with Gasteiger partial charge < -0.3 is 19.6 Å². The maximum absolute atomic E-state index is 12.8. The Hall–Kier alpha value is -1.89. The zero-order valence-electron chi connectivity index (χ0n) is 15.3. The lowest BCUT2D eigenvalue weighted by Gasteiger charge is -2.26. The van der Waals surface area contributed by atoms with Crippen LogP contribution < -0.4 is 10.2 Å². The van der Waals surface area contributed by atoms with E-state index >= 15 is 0 Å². The lowest BCUT2D eigenvalue weighted by Crippen LogP contribution is -3.06. The molecule has 1 aromatic heterocycles. The molecule has 24 heavy (non-hydrogen) atoms. The van der Waals surface area contributed by atoms with Crippen LogP contribution in [0.3, 0.4) is 0 Å². The highest BCUT2D eigenvalue weighted by Crippen LogP contribution is 2.16. The van der Waals surface area contributed by atoms with Crippen molar-refractivity contribution in [3.05, 3.63) is 12.3 Å². The van der Waals surface area contributed by atoms with Gasteiger partial charge in [-0.25, -0.2) is 0 Å². The van der Waals surface area contributed by atoms with Crippen molar-refractivity contribution in [1.82, 2.24) is 10.1 Å². The van der Waals surface area contributed by atoms with E-state index in [0.717, 1.165) is 32.2 Å². The van der Waals surface area contributed by atoms with E-state index in [2.05, 4.69) is 17.4 Å². The highest BCUT2D eigenvalue weighted by Gasteiger charge is 2.25. The van der Waals surface area contributed by atoms with Gasteiger partial charge in [0.2, 0.25) is 11.8 Å². The van der Waals surface area contributed by atoms with Crippen LogP contribution >= 0.6 is 0 Å². The number of unbranched alkanes of at least 4 members (excludes halogenated alkanes) is 1. The Labute approximate surface area is 144 Å². The first kappa shape index (κ1) is 20.2. The lowest BCUT2D eigenvalue weighted by atomic mass is 9.97. The number of hydrogen-bond acceptors (Lipinski definition) is 4. The number of nitrogens with zero attached hydrogens (tertiary/aromatic N) is 2. The largest absolute Gasteiger partial charge is 0.363 e. The zero-order chi connectivity index (χ0) is 17.9. The summed E-state index contributed by atoms with van der Waals surface area (Å²) in [5, 5.41) is 6.31. The molecule has 1 rings (SSSR count). The highest BCUT2D eigenvalue weighted by molar-refractivity contribution is 5.94. The molecule has 0 spiro atoms. The Balaban J connectivity index is 2.70. The molecule has 0 aliphatic rings. The number of hydrogen-bond donors (Lipinski definition) is 2. The summed E-state index contributed by atoms with van der Waals surface area (Å²) in [7, 11) is 4.07. The molecule has 0 aromatic carbocycles. The van der Waals surface area contributed by atoms with Gasteiger partial charge in [-0.05, 0) is 12.8 Å². The summed E-state index contributed by atoms with van der Waals surface area (Å²) < 4.78 is 4.70. The molecule has 1 atom stereocenters. The van der Waals surface area contributed by atoms with Crippen LogP contribution in [0.2, 0.25) is 0 Å². The molecule has 1 aromatic rings. The standard InChI is InChI=1S/C17H30N4O3/c1-5-7-8-14(6-2)17(23)21(11-10-20(3)4)13-16(22)18-15-9-12-24-19-15/h9,12,14H,5-8,10-11,13H2,1-4H3,(H,18,19,22)/p+1/t14-/m0/s1. The van der Waals surface area contributed by atoms with E-state index in [0.29, 0.717) is 12.4 Å². The second-order valence-electron chi connectivity index (χ2n) is 6.40. The fourth-order valence-electron chi connectivity index (χ4n) is 2.47. The summed E-state index contributed by atoms with van der Waals surface area (Å²) in [6, 6.07) is 1.57. The molecule has 2 N–H and O–H groups in total. The summed E-state index contributed by atoms with van der Waals surface area (Å²) >= 11 is 0. The van der Waals surface area contributed by atoms with Crippen molar-refractivity contribution >= 4 is 17.6 Å². The monoisotopic (exact) mass is 339 g/mol. The van der Waals surface area contributed by atoms with Crippen LogP contribution in [0.1, 0.15) is 39.5 Å². The Morgan fingerprint density at radius 2 is 2.12 bits per heavy atom. The van der Waals surface area contributed by atoms with Crippen molar-refractivity contribution in [2.24, 2.45) is 5.92 Å². The smallest absolute Gasteiger partial charge is 0.245 e. The van der Waals surface area contributed by atoms with Crippen molar-refractivity contribution in [2.45, 2.75) is 39.5 Å². The van der Waals surface area contributed by atoms with Gasteiger partial charge in [-0.15, -0.1) is 0 Å². The van der Waals surface area contributed by atoms with Crippen LogP contribution in [0.15, 0.2) is 16.9 Å². The average molecular weight is 339 g/mol. The van der Waals surface area contributed by atoms with Gasteiger partial charge in [0.1, 0.15) is 12.8 Å². The van der Waals surface area contributed by atoms with Crippen LogP contribution in [0, 0.1) is 5.92 Å². The summed E-state index contributed by atoms with van der Waals surface area (Å²) in [5.74, 6) is 0.171. The Bertz CT molecular complexity index is 488. The van der Waals surface area contributed by atoms with Crippen molar-refractivity contribution in [3.8, 4) is 0 Å². The number of rotatable bonds is 11. The first-order valence-corrected chi connectivity index (χ1v) is 8.75. The van der Waals surface area contributed by atoms with Gasteiger partial charge in [0.25, 0.3) is 0 Å². The first-order chi connectivity index (χ1) is 11.5. The third-order valence-electron chi connectivity index (χ3n) is 3.98. The second kappa shape index (κ2) is 10.8. The summed E-state index contributed by atoms with van der Waals surface area (Å²) in [4.78, 5) is 27.9. The first-order valence-electron chi connectivity index (χ1n) is 8.75. The van der Waals surface area contributed by atoms with Crippen molar-refractivity contribution in [1.29, 1.82) is 0 Å². The van der Waals surface area contributed by atoms with Gasteiger partial charge in [0, 0.05) is 12.0 Å². The average Bonchev–Trinajstić information content (AvgIpc) is 3.04. The maximum Gasteiger partial charge on any atom is 0.245 e. The molecule has 0 unspecified atom stereocenters. The number of nitrogens with one attached hydrogen (secondary N) is 2. The Morgan fingerprint density at radius 1 is 1.38 bits per heavy atom. The van der Waals surface area contributed by atoms with Crippen LogP contribution in [0.4, 0.5) is 5.82 Å². The number of likely N-dealkylation sites (N-methyl/N-ethyl adjacent to an activating group) is 1. The number of carbonyl (C=O) groups is 2. The molecular formula is C17H31N4O3+. The van der Waals surface area contributed by atoms with E-state index in [1.54, 1.807) is 11.0 Å². The molecule has 0 aliphatic carbocycles. The number of carbonyl (C=O) groups excluding carboxylic acids is 2. The number of anilines is 1. The van der Waals surface area contributed by atoms with Gasteiger partial charge in [-0.3, -0.25) is 9.59 Å². The molecular weight excluding hydrogens is 308 g/mol. The topological polar surface area (TPSA) is 79.9 Å². The molecule has 0 saturated carbocycles. The fourth-order valence-corrected chi connectivity index (χ4v) is 2.47. The normalized spacial score (nSPS) is 12.2. The minimum absolute atomic E-state index is 0.0121. The van der Waals surface area contributed by atoms with Crippen molar-refractivity contribution in [2.75, 3.05) is 39.0 Å². The Kier molecular flexibility index (Phi) is 9.07. The highest BCUT2D eigenvalue weighted by atomic mass is 16.5. The molecule has 0 aliphatic heterocycles. The summed E-state index contributed by atoms with van der Waals surface area (Å²) in [6.45, 7) is 5.56. The van der Waals surface area contributed by atoms with E-state index in [1.165, 1.54) is 11.2 Å². The second-order valence-corrected chi connectivity index (χ2v) is 6.40.